The van der Waals surface area contributed by atoms with E-state index in [-0.39, 0.29) is 35.1 Å². The standard InChI is InChI=1S/C26H28ClF4N7O2.C15H17N.C2H4O.CH2O/c1-24(2,12-32)13-33-20(39)18-8-7-17(11-19(18)28)34-21-35-22(37-23(36-21)40-14-26(29,30)31)38-25(9-10-25)15-3-5-16(27)6-4-15;1-4-6-13(5-2)7-8-14-9-11-15(16-3)12-10-14;1-2-3;1-2/h3-8,11H,9-10,12-14,32H2,1-2H3,(H,33,39)(H2,34,35,36,37,38);4-12,16H,1-2H2,3H3;2H,1H3;1H2/b;8-7+,13-6+;;. The Morgan fingerprint density at radius 3 is 2.10 bits per heavy atom. The fraction of sp³-hybridized carbons (Fsp3) is 0.273. The average Bonchev–Trinajstić information content (AvgIpc) is 4.02. The lowest BCUT2D eigenvalue weighted by Gasteiger charge is -2.22. The first kappa shape index (κ1) is 50.8. The van der Waals surface area contributed by atoms with Gasteiger partial charge in [-0.3, -0.25) is 4.79 Å². The molecule has 17 heteroatoms. The highest BCUT2D eigenvalue weighted by atomic mass is 35.5. The van der Waals surface area contributed by atoms with E-state index in [0.29, 0.717) is 11.6 Å². The second kappa shape index (κ2) is 24.6. The molecule has 326 valence electrons. The molecule has 1 aliphatic carbocycles. The molecule has 0 bridgehead atoms. The van der Waals surface area contributed by atoms with Crippen molar-refractivity contribution >= 4 is 59.9 Å². The highest BCUT2D eigenvalue weighted by Crippen LogP contribution is 2.48. The number of nitrogens with two attached hydrogens (primary N) is 1. The van der Waals surface area contributed by atoms with Gasteiger partial charge in [0.15, 0.2) is 6.61 Å². The van der Waals surface area contributed by atoms with Crippen LogP contribution in [0.15, 0.2) is 110 Å². The average molecular weight is 867 g/mol. The molecule has 6 N–H and O–H groups in total. The van der Waals surface area contributed by atoms with Crippen molar-refractivity contribution in [2.45, 2.75) is 45.3 Å². The Bertz CT molecular complexity index is 2110. The van der Waals surface area contributed by atoms with Crippen LogP contribution in [0.5, 0.6) is 6.01 Å². The molecule has 0 unspecified atom stereocenters. The summed E-state index contributed by atoms with van der Waals surface area (Å²) in [5, 5.41) is 12.2. The summed E-state index contributed by atoms with van der Waals surface area (Å²) in [7, 11) is 1.91. The molecule has 0 atom stereocenters. The molecule has 61 heavy (non-hydrogen) atoms. The Morgan fingerprint density at radius 1 is 0.967 bits per heavy atom. The van der Waals surface area contributed by atoms with Crippen LogP contribution in [0.1, 0.15) is 55.1 Å². The number of carbonyl (C=O) groups is 3. The fourth-order valence-electron chi connectivity index (χ4n) is 4.95. The van der Waals surface area contributed by atoms with E-state index in [4.69, 9.17) is 31.7 Å². The van der Waals surface area contributed by atoms with E-state index in [2.05, 4.69) is 67.6 Å². The third-order valence-electron chi connectivity index (χ3n) is 8.44. The van der Waals surface area contributed by atoms with Crippen LogP contribution in [0.3, 0.4) is 0 Å². The smallest absolute Gasteiger partial charge is 0.422 e. The number of hydrogen-bond acceptors (Lipinski definition) is 11. The molecule has 1 fully saturated rings. The van der Waals surface area contributed by atoms with Gasteiger partial charge in [-0.15, -0.1) is 0 Å². The number of ether oxygens (including phenoxy) is 1. The predicted octanol–water partition coefficient (Wildman–Crippen LogP) is 9.22. The van der Waals surface area contributed by atoms with Crippen LogP contribution in [0.2, 0.25) is 5.02 Å². The van der Waals surface area contributed by atoms with E-state index in [1.54, 1.807) is 24.3 Å². The zero-order valence-corrected chi connectivity index (χ0v) is 35.2. The van der Waals surface area contributed by atoms with Gasteiger partial charge >= 0.3 is 12.2 Å². The highest BCUT2D eigenvalue weighted by molar-refractivity contribution is 6.30. The van der Waals surface area contributed by atoms with Gasteiger partial charge in [-0.05, 0) is 90.9 Å². The van der Waals surface area contributed by atoms with Gasteiger partial charge in [-0.2, -0.15) is 28.1 Å². The molecule has 5 rings (SSSR count). The van der Waals surface area contributed by atoms with E-state index >= 15 is 0 Å². The van der Waals surface area contributed by atoms with E-state index < -0.39 is 36.1 Å². The number of alkyl halides is 3. The van der Waals surface area contributed by atoms with Crippen LogP contribution in [0, 0.1) is 11.2 Å². The van der Waals surface area contributed by atoms with E-state index in [1.165, 1.54) is 19.1 Å². The number of aromatic nitrogens is 3. The molecule has 1 aliphatic rings. The maximum absolute atomic E-state index is 14.8. The molecular formula is C44H51ClF4N8O4. The number of halogens is 5. The predicted molar refractivity (Wildman–Crippen MR) is 235 cm³/mol. The Kier molecular flexibility index (Phi) is 20.5. The molecule has 3 aromatic carbocycles. The van der Waals surface area contributed by atoms with E-state index in [0.717, 1.165) is 47.6 Å². The van der Waals surface area contributed by atoms with Crippen molar-refractivity contribution in [2.75, 3.05) is 42.7 Å². The Labute approximate surface area is 358 Å². The molecule has 0 saturated heterocycles. The van der Waals surface area contributed by atoms with Gasteiger partial charge in [0, 0.05) is 30.0 Å². The number of carbonyl (C=O) groups excluding carboxylic acids is 3. The zero-order valence-electron chi connectivity index (χ0n) is 34.4. The van der Waals surface area contributed by atoms with Crippen LogP contribution >= 0.6 is 11.6 Å². The highest BCUT2D eigenvalue weighted by Gasteiger charge is 2.45. The second-order valence-corrected chi connectivity index (χ2v) is 14.2. The zero-order chi connectivity index (χ0) is 45.6. The van der Waals surface area contributed by atoms with Crippen molar-refractivity contribution in [3.05, 3.63) is 137 Å². The number of amides is 1. The van der Waals surface area contributed by atoms with E-state index in [9.17, 15) is 22.4 Å². The number of hydrogen-bond donors (Lipinski definition) is 5. The Balaban J connectivity index is 0.000000507. The summed E-state index contributed by atoms with van der Waals surface area (Å²) in [6, 6.07) is 18.5. The van der Waals surface area contributed by atoms with Gasteiger partial charge < -0.3 is 41.3 Å². The SMILES string of the molecule is C=C/C=C(C=C)/C=C/c1ccc(NC)cc1.C=O.CC(C)(CN)CNC(=O)c1ccc(Nc2nc(NC3(c4ccc(Cl)cc4)CC3)nc(OCC(F)(F)F)n2)cc1F.CC=O. The maximum atomic E-state index is 14.8. The number of allylic oxidation sites excluding steroid dienone is 5. The monoisotopic (exact) mass is 866 g/mol. The van der Waals surface area contributed by atoms with Crippen LogP contribution in [0.4, 0.5) is 40.8 Å². The molecule has 1 aromatic heterocycles. The number of aldehydes is 1. The summed E-state index contributed by atoms with van der Waals surface area (Å²) in [5.41, 5.74) is 8.94. The summed E-state index contributed by atoms with van der Waals surface area (Å²) in [4.78, 5) is 41.4. The molecule has 1 amide bonds. The largest absolute Gasteiger partial charge is 0.454 e. The third kappa shape index (κ3) is 17.8. The molecular weight excluding hydrogens is 816 g/mol. The second-order valence-electron chi connectivity index (χ2n) is 13.8. The minimum Gasteiger partial charge on any atom is -0.454 e. The number of nitrogens with zero attached hydrogens (tertiary/aromatic N) is 3. The summed E-state index contributed by atoms with van der Waals surface area (Å²) < 4.78 is 58.0. The third-order valence-corrected chi connectivity index (χ3v) is 8.69. The molecule has 0 spiro atoms. The van der Waals surface area contributed by atoms with Gasteiger partial charge in [-0.1, -0.05) is 93.3 Å². The summed E-state index contributed by atoms with van der Waals surface area (Å²) in [6.45, 7) is 13.5. The molecule has 4 aromatic rings. The first-order valence-corrected chi connectivity index (χ1v) is 19.0. The van der Waals surface area contributed by atoms with Gasteiger partial charge in [0.1, 0.15) is 18.9 Å². The Morgan fingerprint density at radius 2 is 1.57 bits per heavy atom. The lowest BCUT2D eigenvalue weighted by Crippen LogP contribution is -2.38. The number of rotatable bonds is 16. The normalized spacial score (nSPS) is 12.7. The van der Waals surface area contributed by atoms with Crippen LogP contribution in [0.25, 0.3) is 6.08 Å². The first-order valence-electron chi connectivity index (χ1n) is 18.6. The topological polar surface area (TPSA) is 173 Å². The van der Waals surface area contributed by atoms with Crippen molar-refractivity contribution in [1.29, 1.82) is 0 Å². The molecule has 1 saturated carbocycles. The minimum atomic E-state index is -4.62. The van der Waals surface area contributed by atoms with Crippen molar-refractivity contribution in [3.8, 4) is 6.01 Å². The minimum absolute atomic E-state index is 0.0406. The molecule has 0 aliphatic heterocycles. The quantitative estimate of drug-likeness (QED) is 0.0413. The summed E-state index contributed by atoms with van der Waals surface area (Å²) in [5.74, 6) is -1.67. The van der Waals surface area contributed by atoms with Crippen molar-refractivity contribution in [2.24, 2.45) is 11.1 Å². The van der Waals surface area contributed by atoms with Crippen LogP contribution < -0.4 is 31.7 Å². The van der Waals surface area contributed by atoms with Gasteiger partial charge in [-0.25, -0.2) is 4.39 Å². The molecule has 0 radical (unpaired) electrons. The van der Waals surface area contributed by atoms with Gasteiger partial charge in [0.25, 0.3) is 5.91 Å². The van der Waals surface area contributed by atoms with Crippen LogP contribution in [-0.4, -0.2) is 66.9 Å². The Hall–Kier alpha value is -6.39. The lowest BCUT2D eigenvalue weighted by molar-refractivity contribution is -0.154. The summed E-state index contributed by atoms with van der Waals surface area (Å²) >= 11 is 5.99. The number of anilines is 4. The number of nitrogens with one attached hydrogen (secondary N) is 4. The number of benzene rings is 3. The summed E-state index contributed by atoms with van der Waals surface area (Å²) in [6.07, 6.45) is 7.13. The first-order chi connectivity index (χ1) is 29.0. The molecule has 12 nitrogen and oxygen atoms in total. The van der Waals surface area contributed by atoms with Crippen molar-refractivity contribution in [3.63, 3.8) is 0 Å². The van der Waals surface area contributed by atoms with Crippen molar-refractivity contribution in [1.82, 2.24) is 20.3 Å². The van der Waals surface area contributed by atoms with E-state index in [1.807, 2.05) is 64.1 Å². The lowest BCUT2D eigenvalue weighted by atomic mass is 9.94. The van der Waals surface area contributed by atoms with Gasteiger partial charge in [0.2, 0.25) is 11.9 Å². The van der Waals surface area contributed by atoms with Crippen molar-refractivity contribution < 1.29 is 36.7 Å². The maximum Gasteiger partial charge on any atom is 0.422 e. The van der Waals surface area contributed by atoms with Crippen LogP contribution in [-0.2, 0) is 15.1 Å². The molecule has 1 heterocycles. The van der Waals surface area contributed by atoms with Gasteiger partial charge in [0.05, 0.1) is 11.1 Å². The fourth-order valence-corrected chi connectivity index (χ4v) is 5.07.